The third-order valence-corrected chi connectivity index (χ3v) is 5.48. The van der Waals surface area contributed by atoms with Crippen molar-refractivity contribution in [1.82, 2.24) is 25.2 Å². The van der Waals surface area contributed by atoms with Crippen molar-refractivity contribution >= 4 is 28.8 Å². The SMILES string of the molecule is C=CC(=O)N1CCN(c2cnc3[nH]cc(C(=O)NCC4CCC4)c3n2)CC1. The number of amides is 2. The van der Waals surface area contributed by atoms with E-state index in [9.17, 15) is 9.59 Å². The Kier molecular flexibility index (Phi) is 4.79. The third kappa shape index (κ3) is 3.51. The Bertz CT molecular complexity index is 864. The molecule has 0 aromatic carbocycles. The quantitative estimate of drug-likeness (QED) is 0.777. The standard InChI is InChI=1S/C19H24N6O2/c1-2-16(26)25-8-6-24(7-9-25)15-12-21-18-17(23-15)14(11-20-18)19(27)22-10-13-4-3-5-13/h2,11-13H,1,3-10H2,(H,20,21)(H,22,27). The van der Waals surface area contributed by atoms with Gasteiger partial charge in [-0.05, 0) is 24.8 Å². The number of anilines is 1. The molecule has 0 unspecified atom stereocenters. The van der Waals surface area contributed by atoms with E-state index in [4.69, 9.17) is 0 Å². The molecule has 2 aromatic rings. The predicted octanol–water partition coefficient (Wildman–Crippen LogP) is 1.32. The third-order valence-electron chi connectivity index (χ3n) is 5.48. The molecule has 0 atom stereocenters. The molecule has 0 radical (unpaired) electrons. The minimum Gasteiger partial charge on any atom is -0.352 e. The Morgan fingerprint density at radius 3 is 2.74 bits per heavy atom. The molecule has 8 nitrogen and oxygen atoms in total. The lowest BCUT2D eigenvalue weighted by Gasteiger charge is -2.34. The summed E-state index contributed by atoms with van der Waals surface area (Å²) in [5.74, 6) is 1.17. The number of piperazine rings is 1. The number of carbonyl (C=O) groups is 2. The number of hydrogen-bond donors (Lipinski definition) is 2. The molecule has 2 aliphatic rings. The van der Waals surface area contributed by atoms with Crippen LogP contribution in [0, 0.1) is 5.92 Å². The summed E-state index contributed by atoms with van der Waals surface area (Å²) >= 11 is 0. The molecule has 1 aliphatic carbocycles. The molecule has 2 fully saturated rings. The summed E-state index contributed by atoms with van der Waals surface area (Å²) in [5.41, 5.74) is 1.72. The van der Waals surface area contributed by atoms with Gasteiger partial charge in [0.15, 0.2) is 5.65 Å². The molecule has 142 valence electrons. The van der Waals surface area contributed by atoms with Gasteiger partial charge in [0.2, 0.25) is 5.91 Å². The number of aromatic nitrogens is 3. The van der Waals surface area contributed by atoms with Crippen molar-refractivity contribution in [2.75, 3.05) is 37.6 Å². The summed E-state index contributed by atoms with van der Waals surface area (Å²) in [6.45, 7) is 6.84. The number of carbonyl (C=O) groups excluding carboxylic acids is 2. The summed E-state index contributed by atoms with van der Waals surface area (Å²) in [6.07, 6.45) is 8.37. The fraction of sp³-hybridized carbons (Fsp3) is 0.474. The van der Waals surface area contributed by atoms with E-state index < -0.39 is 0 Å². The molecule has 3 heterocycles. The second kappa shape index (κ2) is 7.38. The van der Waals surface area contributed by atoms with Gasteiger partial charge in [-0.2, -0.15) is 0 Å². The van der Waals surface area contributed by atoms with E-state index in [1.807, 2.05) is 0 Å². The molecule has 1 saturated heterocycles. The highest BCUT2D eigenvalue weighted by Crippen LogP contribution is 2.25. The Morgan fingerprint density at radius 2 is 2.07 bits per heavy atom. The van der Waals surface area contributed by atoms with Crippen LogP contribution in [0.15, 0.2) is 25.0 Å². The molecule has 2 aromatic heterocycles. The maximum Gasteiger partial charge on any atom is 0.255 e. The normalized spacial score (nSPS) is 17.6. The fourth-order valence-electron chi connectivity index (χ4n) is 3.52. The van der Waals surface area contributed by atoms with Crippen molar-refractivity contribution < 1.29 is 9.59 Å². The number of fused-ring (bicyclic) bond motifs is 1. The van der Waals surface area contributed by atoms with Gasteiger partial charge < -0.3 is 20.1 Å². The molecule has 8 heteroatoms. The highest BCUT2D eigenvalue weighted by molar-refractivity contribution is 6.04. The van der Waals surface area contributed by atoms with Gasteiger partial charge in [-0.15, -0.1) is 0 Å². The number of nitrogens with one attached hydrogen (secondary N) is 2. The van der Waals surface area contributed by atoms with E-state index in [0.29, 0.717) is 48.8 Å². The lowest BCUT2D eigenvalue weighted by atomic mass is 9.85. The van der Waals surface area contributed by atoms with Crippen LogP contribution in [0.25, 0.3) is 11.2 Å². The molecule has 1 aliphatic heterocycles. The number of nitrogens with zero attached hydrogens (tertiary/aromatic N) is 4. The number of aromatic amines is 1. The van der Waals surface area contributed by atoms with Crippen LogP contribution in [-0.2, 0) is 4.79 Å². The molecule has 0 spiro atoms. The first-order valence-electron chi connectivity index (χ1n) is 9.44. The molecule has 2 amide bonds. The van der Waals surface area contributed by atoms with Crippen molar-refractivity contribution in [2.45, 2.75) is 19.3 Å². The van der Waals surface area contributed by atoms with Crippen LogP contribution in [0.3, 0.4) is 0 Å². The molecular formula is C19H24N6O2. The smallest absolute Gasteiger partial charge is 0.255 e. The minimum atomic E-state index is -0.110. The lowest BCUT2D eigenvalue weighted by Crippen LogP contribution is -2.48. The van der Waals surface area contributed by atoms with Crippen molar-refractivity contribution in [1.29, 1.82) is 0 Å². The van der Waals surface area contributed by atoms with Crippen LogP contribution < -0.4 is 10.2 Å². The van der Waals surface area contributed by atoms with E-state index in [0.717, 1.165) is 12.4 Å². The van der Waals surface area contributed by atoms with Crippen LogP contribution >= 0.6 is 0 Å². The van der Waals surface area contributed by atoms with Gasteiger partial charge in [0.25, 0.3) is 5.91 Å². The average molecular weight is 368 g/mol. The van der Waals surface area contributed by atoms with Gasteiger partial charge in [-0.25, -0.2) is 9.97 Å². The van der Waals surface area contributed by atoms with Crippen LogP contribution in [0.1, 0.15) is 29.6 Å². The zero-order chi connectivity index (χ0) is 18.8. The maximum atomic E-state index is 12.5. The lowest BCUT2D eigenvalue weighted by molar-refractivity contribution is -0.126. The number of rotatable bonds is 5. The Hall–Kier alpha value is -2.90. The molecular weight excluding hydrogens is 344 g/mol. The fourth-order valence-corrected chi connectivity index (χ4v) is 3.52. The highest BCUT2D eigenvalue weighted by atomic mass is 16.2. The van der Waals surface area contributed by atoms with Crippen LogP contribution in [0.4, 0.5) is 5.82 Å². The minimum absolute atomic E-state index is 0.0489. The molecule has 1 saturated carbocycles. The topological polar surface area (TPSA) is 94.2 Å². The molecule has 27 heavy (non-hydrogen) atoms. The Labute approximate surface area is 157 Å². The molecule has 4 rings (SSSR count). The zero-order valence-electron chi connectivity index (χ0n) is 15.3. The van der Waals surface area contributed by atoms with Crippen molar-refractivity contribution in [3.8, 4) is 0 Å². The summed E-state index contributed by atoms with van der Waals surface area (Å²) in [6, 6.07) is 0. The van der Waals surface area contributed by atoms with Crippen LogP contribution in [0.5, 0.6) is 0 Å². The van der Waals surface area contributed by atoms with Gasteiger partial charge >= 0.3 is 0 Å². The number of hydrogen-bond acceptors (Lipinski definition) is 5. The van der Waals surface area contributed by atoms with E-state index in [1.165, 1.54) is 25.3 Å². The van der Waals surface area contributed by atoms with Crippen molar-refractivity contribution in [3.05, 3.63) is 30.6 Å². The zero-order valence-corrected chi connectivity index (χ0v) is 15.3. The van der Waals surface area contributed by atoms with Gasteiger partial charge in [0.05, 0.1) is 11.8 Å². The van der Waals surface area contributed by atoms with Crippen LogP contribution in [0.2, 0.25) is 0 Å². The van der Waals surface area contributed by atoms with Gasteiger partial charge in [-0.3, -0.25) is 9.59 Å². The molecule has 2 N–H and O–H groups in total. The van der Waals surface area contributed by atoms with Gasteiger partial charge in [-0.1, -0.05) is 13.0 Å². The van der Waals surface area contributed by atoms with Crippen LogP contribution in [-0.4, -0.2) is 64.4 Å². The van der Waals surface area contributed by atoms with E-state index in [1.54, 1.807) is 17.3 Å². The second-order valence-electron chi connectivity index (χ2n) is 7.15. The first kappa shape index (κ1) is 17.5. The highest BCUT2D eigenvalue weighted by Gasteiger charge is 2.23. The summed E-state index contributed by atoms with van der Waals surface area (Å²) in [7, 11) is 0. The van der Waals surface area contributed by atoms with Gasteiger partial charge in [0.1, 0.15) is 11.3 Å². The monoisotopic (exact) mass is 368 g/mol. The predicted molar refractivity (Wildman–Crippen MR) is 103 cm³/mol. The summed E-state index contributed by atoms with van der Waals surface area (Å²) in [4.78, 5) is 40.2. The largest absolute Gasteiger partial charge is 0.352 e. The number of H-pyrrole nitrogens is 1. The van der Waals surface area contributed by atoms with E-state index >= 15 is 0 Å². The first-order chi connectivity index (χ1) is 13.2. The maximum absolute atomic E-state index is 12.5. The Morgan fingerprint density at radius 1 is 1.30 bits per heavy atom. The van der Waals surface area contributed by atoms with Gasteiger partial charge in [0, 0.05) is 38.9 Å². The summed E-state index contributed by atoms with van der Waals surface area (Å²) < 4.78 is 0. The van der Waals surface area contributed by atoms with Crippen molar-refractivity contribution in [2.24, 2.45) is 5.92 Å². The first-order valence-corrected chi connectivity index (χ1v) is 9.44. The summed E-state index contributed by atoms with van der Waals surface area (Å²) in [5, 5.41) is 3.01. The molecule has 0 bridgehead atoms. The average Bonchev–Trinajstić information content (AvgIpc) is 3.09. The second-order valence-corrected chi connectivity index (χ2v) is 7.15. The van der Waals surface area contributed by atoms with E-state index in [-0.39, 0.29) is 11.8 Å². The van der Waals surface area contributed by atoms with Crippen molar-refractivity contribution in [3.63, 3.8) is 0 Å². The van der Waals surface area contributed by atoms with E-state index in [2.05, 4.69) is 31.7 Å². The Balaban J connectivity index is 1.47.